The molecule has 0 aromatic heterocycles. The number of benzene rings is 16. The zero-order chi connectivity index (χ0) is 59.7. The van der Waals surface area contributed by atoms with E-state index in [1.807, 2.05) is 0 Å². The highest BCUT2D eigenvalue weighted by Gasteiger charge is 2.48. The molecule has 2 nitrogen and oxygen atoms in total. The van der Waals surface area contributed by atoms with E-state index in [0.717, 1.165) is 59.8 Å². The van der Waals surface area contributed by atoms with Gasteiger partial charge in [0, 0.05) is 45.0 Å². The van der Waals surface area contributed by atoms with E-state index >= 15 is 0 Å². The van der Waals surface area contributed by atoms with Gasteiger partial charge in [-0.25, -0.2) is 0 Å². The van der Waals surface area contributed by atoms with Crippen molar-refractivity contribution in [3.63, 3.8) is 0 Å². The summed E-state index contributed by atoms with van der Waals surface area (Å²) in [7, 11) is 0. The molecule has 0 heterocycles. The highest BCUT2D eigenvalue weighted by Crippen LogP contribution is 2.61. The fourth-order valence-corrected chi connectivity index (χ4v) is 16.8. The molecule has 16 aromatic rings. The van der Waals surface area contributed by atoms with Gasteiger partial charge in [0.2, 0.25) is 0 Å². The summed E-state index contributed by atoms with van der Waals surface area (Å²) in [6, 6.07) is 115. The van der Waals surface area contributed by atoms with E-state index in [1.165, 1.54) is 131 Å². The summed E-state index contributed by atoms with van der Waals surface area (Å²) in [4.78, 5) is 4.90. The van der Waals surface area contributed by atoms with Crippen molar-refractivity contribution < 1.29 is 0 Å². The van der Waals surface area contributed by atoms with Gasteiger partial charge in [-0.1, -0.05) is 232 Å². The summed E-state index contributed by atoms with van der Waals surface area (Å²) < 4.78 is 0. The van der Waals surface area contributed by atoms with E-state index in [0.29, 0.717) is 0 Å². The Morgan fingerprint density at radius 1 is 0.233 bits per heavy atom. The molecule has 0 radical (unpaired) electrons. The molecule has 0 bridgehead atoms. The van der Waals surface area contributed by atoms with E-state index < -0.39 is 0 Å². The summed E-state index contributed by atoms with van der Waals surface area (Å²) in [6.45, 7) is 4.94. The van der Waals surface area contributed by atoms with Crippen LogP contribution in [0.25, 0.3) is 109 Å². The average molecular weight is 1150 g/mol. The first-order chi connectivity index (χ1) is 44.5. The van der Waals surface area contributed by atoms with E-state index in [2.05, 4.69) is 327 Å². The maximum absolute atomic E-state index is 2.62. The molecule has 2 unspecified atom stereocenters. The molecule has 18 rings (SSSR count). The molecular weight excluding hydrogens is 1080 g/mol. The third-order valence-electron chi connectivity index (χ3n) is 21.1. The lowest BCUT2D eigenvalue weighted by atomic mass is 9.65. The van der Waals surface area contributed by atoms with Crippen molar-refractivity contribution in [2.45, 2.75) is 50.4 Å². The zero-order valence-corrected chi connectivity index (χ0v) is 50.6. The molecule has 16 aromatic carbocycles. The highest BCUT2D eigenvalue weighted by atomic mass is 15.1. The SMILES string of the molecule is CCC1(CCC2(CC)c3cc(-c4ccc5ccc6cccc7ccc4c5c67)ccc3-c3ccc(N(c4ccccc4)c4ccccc4)cc32)c2cc(-c3ccc4ccc5cccc6ccc3c4c56)ccc2-c2ccc(N(c3ccccc3)c3ccccc3)cc21. The van der Waals surface area contributed by atoms with Gasteiger partial charge in [0.05, 0.1) is 0 Å². The Morgan fingerprint density at radius 3 is 0.867 bits per heavy atom. The predicted molar refractivity (Wildman–Crippen MR) is 383 cm³/mol. The minimum absolute atomic E-state index is 0.369. The number of rotatable bonds is 13. The van der Waals surface area contributed by atoms with Gasteiger partial charge in [-0.15, -0.1) is 0 Å². The van der Waals surface area contributed by atoms with Crippen molar-refractivity contribution >= 4 is 98.8 Å². The minimum atomic E-state index is -0.369. The van der Waals surface area contributed by atoms with Crippen LogP contribution in [0.5, 0.6) is 0 Å². The fraction of sp³-hybridized carbons (Fsp3) is 0.0909. The Hall–Kier alpha value is -10.8. The smallest absolute Gasteiger partial charge is 0.0465 e. The van der Waals surface area contributed by atoms with Crippen LogP contribution in [0.2, 0.25) is 0 Å². The summed E-state index contributed by atoms with van der Waals surface area (Å²) in [5.41, 5.74) is 22.2. The molecule has 90 heavy (non-hydrogen) atoms. The van der Waals surface area contributed by atoms with Crippen LogP contribution in [0.1, 0.15) is 61.8 Å². The van der Waals surface area contributed by atoms with Crippen LogP contribution in [-0.4, -0.2) is 0 Å². The summed E-state index contributed by atoms with van der Waals surface area (Å²) in [6.07, 6.45) is 3.69. The molecule has 0 N–H and O–H groups in total. The molecule has 0 amide bonds. The Labute approximate surface area is 525 Å². The molecule has 0 fully saturated rings. The van der Waals surface area contributed by atoms with E-state index in [1.54, 1.807) is 0 Å². The summed E-state index contributed by atoms with van der Waals surface area (Å²) in [5.74, 6) is 0. The largest absolute Gasteiger partial charge is 0.310 e. The van der Waals surface area contributed by atoms with Crippen LogP contribution in [0.15, 0.2) is 303 Å². The van der Waals surface area contributed by atoms with Crippen molar-refractivity contribution in [1.82, 2.24) is 0 Å². The predicted octanol–water partition coefficient (Wildman–Crippen LogP) is 24.6. The Kier molecular flexibility index (Phi) is 11.9. The van der Waals surface area contributed by atoms with E-state index in [9.17, 15) is 0 Å². The summed E-state index contributed by atoms with van der Waals surface area (Å²) >= 11 is 0. The first kappa shape index (κ1) is 52.3. The quantitative estimate of drug-likeness (QED) is 0.106. The highest BCUT2D eigenvalue weighted by molar-refractivity contribution is 6.27. The van der Waals surface area contributed by atoms with Crippen molar-refractivity contribution in [2.75, 3.05) is 9.80 Å². The number of hydrogen-bond acceptors (Lipinski definition) is 2. The lowest BCUT2D eigenvalue weighted by Crippen LogP contribution is -2.31. The van der Waals surface area contributed by atoms with Gasteiger partial charge >= 0.3 is 0 Å². The topological polar surface area (TPSA) is 6.48 Å². The molecule has 0 saturated carbocycles. The Balaban J connectivity index is 0.853. The van der Waals surface area contributed by atoms with Crippen LogP contribution in [0, 0.1) is 0 Å². The average Bonchev–Trinajstić information content (AvgIpc) is 1.50. The maximum atomic E-state index is 2.62. The molecule has 2 atom stereocenters. The number of para-hydroxylation sites is 4. The second-order valence-corrected chi connectivity index (χ2v) is 25.3. The maximum Gasteiger partial charge on any atom is 0.0465 e. The number of anilines is 6. The Bertz CT molecular complexity index is 5010. The van der Waals surface area contributed by atoms with Crippen molar-refractivity contribution in [3.05, 3.63) is 326 Å². The lowest BCUT2D eigenvalue weighted by molar-refractivity contribution is 0.368. The standard InChI is InChI=1S/C88H64N2/c1-3-87(79-53-63(71-43-35-61-33-31-57-19-17-21-59-37-47-77(71)85(61)83(57)59)39-45-73(79)75-49-41-69(55-81(75)87)89(65-23-9-5-10-24-65)66-25-11-6-12-26-66)51-52-88(4-2)80-54-64(72-44-36-62-34-32-58-20-18-22-60-38-48-78(72)86(62)84(58)60)40-46-74(80)76-50-42-70(56-82(76)88)90(67-27-13-7-14-28-67)68-29-15-8-16-30-68/h5-50,53-56H,3-4,51-52H2,1-2H3. The molecule has 2 aliphatic carbocycles. The molecule has 2 heteroatoms. The normalized spacial score (nSPS) is 15.7. The van der Waals surface area contributed by atoms with Crippen LogP contribution < -0.4 is 9.80 Å². The van der Waals surface area contributed by atoms with Crippen LogP contribution in [0.4, 0.5) is 34.1 Å². The van der Waals surface area contributed by atoms with Crippen molar-refractivity contribution in [1.29, 1.82) is 0 Å². The minimum Gasteiger partial charge on any atom is -0.310 e. The third-order valence-corrected chi connectivity index (χ3v) is 21.1. The first-order valence-electron chi connectivity index (χ1n) is 32.2. The molecule has 0 saturated heterocycles. The second-order valence-electron chi connectivity index (χ2n) is 25.3. The number of nitrogens with zero attached hydrogens (tertiary/aromatic N) is 2. The van der Waals surface area contributed by atoms with Gasteiger partial charge in [0.1, 0.15) is 0 Å². The lowest BCUT2D eigenvalue weighted by Gasteiger charge is -2.39. The van der Waals surface area contributed by atoms with Gasteiger partial charge < -0.3 is 9.80 Å². The van der Waals surface area contributed by atoms with Gasteiger partial charge in [-0.05, 0) is 242 Å². The van der Waals surface area contributed by atoms with Gasteiger partial charge in [0.15, 0.2) is 0 Å². The van der Waals surface area contributed by atoms with Gasteiger partial charge in [0.25, 0.3) is 0 Å². The van der Waals surface area contributed by atoms with E-state index in [-0.39, 0.29) is 10.8 Å². The second kappa shape index (κ2) is 20.4. The van der Waals surface area contributed by atoms with E-state index in [4.69, 9.17) is 0 Å². The Morgan fingerprint density at radius 2 is 0.522 bits per heavy atom. The third kappa shape index (κ3) is 7.77. The first-order valence-corrected chi connectivity index (χ1v) is 32.2. The summed E-state index contributed by atoms with van der Waals surface area (Å²) in [5, 5.41) is 15.7. The van der Waals surface area contributed by atoms with Crippen LogP contribution >= 0.6 is 0 Å². The fourth-order valence-electron chi connectivity index (χ4n) is 16.8. The molecular formula is C88H64N2. The molecule has 426 valence electrons. The van der Waals surface area contributed by atoms with Gasteiger partial charge in [-0.2, -0.15) is 0 Å². The molecule has 0 spiro atoms. The molecule has 0 aliphatic heterocycles. The van der Waals surface area contributed by atoms with Crippen LogP contribution in [-0.2, 0) is 10.8 Å². The monoisotopic (exact) mass is 1150 g/mol. The number of fused-ring (bicyclic) bond motifs is 6. The van der Waals surface area contributed by atoms with Crippen molar-refractivity contribution in [3.8, 4) is 44.5 Å². The van der Waals surface area contributed by atoms with Crippen LogP contribution in [0.3, 0.4) is 0 Å². The number of hydrogen-bond donors (Lipinski definition) is 0. The molecule has 2 aliphatic rings. The zero-order valence-electron chi connectivity index (χ0n) is 50.6. The van der Waals surface area contributed by atoms with Gasteiger partial charge in [-0.3, -0.25) is 0 Å². The van der Waals surface area contributed by atoms with Crippen molar-refractivity contribution in [2.24, 2.45) is 0 Å².